The topological polar surface area (TPSA) is 249 Å². The van der Waals surface area contributed by atoms with Crippen molar-refractivity contribution < 1.29 is 29.1 Å². The molecule has 0 aliphatic carbocycles. The van der Waals surface area contributed by atoms with Crippen LogP contribution in [-0.4, -0.2) is 82.8 Å². The zero-order valence-electron chi connectivity index (χ0n) is 20.2. The maximum atomic E-state index is 13.3. The van der Waals surface area contributed by atoms with Crippen LogP contribution in [0.4, 0.5) is 0 Å². The Kier molecular flexibility index (Phi) is 11.9. The Morgan fingerprint density at radius 3 is 2.29 bits per heavy atom. The van der Waals surface area contributed by atoms with E-state index in [2.05, 4.69) is 15.6 Å². The molecular weight excluding hydrogens is 460 g/mol. The highest BCUT2D eigenvalue weighted by Crippen LogP contribution is 2.21. The summed E-state index contributed by atoms with van der Waals surface area (Å²) in [5, 5.41) is 14.6. The molecular formula is C21H38N8O6. The maximum absolute atomic E-state index is 13.3. The fourth-order valence-electron chi connectivity index (χ4n) is 3.71. The van der Waals surface area contributed by atoms with Gasteiger partial charge in [0.05, 0.1) is 6.04 Å². The summed E-state index contributed by atoms with van der Waals surface area (Å²) in [7, 11) is 0. The van der Waals surface area contributed by atoms with Crippen molar-refractivity contribution in [3.8, 4) is 0 Å². The summed E-state index contributed by atoms with van der Waals surface area (Å²) >= 11 is 0. The number of rotatable bonds is 14. The van der Waals surface area contributed by atoms with E-state index in [-0.39, 0.29) is 44.2 Å². The third kappa shape index (κ3) is 9.76. The summed E-state index contributed by atoms with van der Waals surface area (Å²) in [4.78, 5) is 66.3. The standard InChI is InChI=1S/C21H38N8O6/c1-11(2)16(28-17(31)12(22)7-8-15(23)30)19(33)29-10-4-6-14(29)18(32)27-13(20(34)35)5-3-9-26-21(24)25/h11-14,16H,3-10,22H2,1-2H3,(H2,23,30)(H,27,32)(H,28,31)(H,34,35)(H4,24,25,26). The number of carbonyl (C=O) groups is 5. The molecule has 1 rings (SSSR count). The van der Waals surface area contributed by atoms with Gasteiger partial charge in [-0.05, 0) is 38.0 Å². The van der Waals surface area contributed by atoms with Crippen LogP contribution in [0.15, 0.2) is 4.99 Å². The molecule has 0 saturated carbocycles. The monoisotopic (exact) mass is 498 g/mol. The van der Waals surface area contributed by atoms with Crippen LogP contribution in [0, 0.1) is 5.92 Å². The van der Waals surface area contributed by atoms with Gasteiger partial charge in [0, 0.05) is 19.5 Å². The van der Waals surface area contributed by atoms with Crippen LogP contribution in [-0.2, 0) is 24.0 Å². The van der Waals surface area contributed by atoms with E-state index in [0.717, 1.165) is 0 Å². The van der Waals surface area contributed by atoms with E-state index in [1.54, 1.807) is 13.8 Å². The third-order valence-corrected chi connectivity index (χ3v) is 5.67. The van der Waals surface area contributed by atoms with Crippen molar-refractivity contribution >= 4 is 35.6 Å². The van der Waals surface area contributed by atoms with Crippen molar-refractivity contribution in [1.82, 2.24) is 15.5 Å². The number of aliphatic carboxylic acids is 1. The third-order valence-electron chi connectivity index (χ3n) is 5.67. The van der Waals surface area contributed by atoms with E-state index in [1.165, 1.54) is 4.90 Å². The van der Waals surface area contributed by atoms with Gasteiger partial charge in [-0.2, -0.15) is 0 Å². The SMILES string of the molecule is CC(C)C(NC(=O)C(N)CCC(N)=O)C(=O)N1CCCC1C(=O)NC(CCCN=C(N)N)C(=O)O. The molecule has 1 saturated heterocycles. The molecule has 14 heteroatoms. The van der Waals surface area contributed by atoms with Crippen molar-refractivity contribution in [2.24, 2.45) is 33.8 Å². The number of primary amides is 1. The summed E-state index contributed by atoms with van der Waals surface area (Å²) in [6.45, 7) is 3.97. The van der Waals surface area contributed by atoms with Crippen LogP contribution >= 0.6 is 0 Å². The molecule has 0 bridgehead atoms. The normalized spacial score (nSPS) is 17.8. The molecule has 0 aromatic carbocycles. The first kappa shape index (κ1) is 29.6. The fourth-order valence-corrected chi connectivity index (χ4v) is 3.71. The number of nitrogens with one attached hydrogen (secondary N) is 2. The highest BCUT2D eigenvalue weighted by Gasteiger charge is 2.39. The molecule has 14 nitrogen and oxygen atoms in total. The molecule has 0 spiro atoms. The number of hydrogen-bond donors (Lipinski definition) is 7. The number of nitrogens with zero attached hydrogens (tertiary/aromatic N) is 2. The Balaban J connectivity index is 2.84. The van der Waals surface area contributed by atoms with Gasteiger partial charge in [0.2, 0.25) is 23.6 Å². The van der Waals surface area contributed by atoms with Gasteiger partial charge in [-0.25, -0.2) is 4.79 Å². The van der Waals surface area contributed by atoms with E-state index in [4.69, 9.17) is 22.9 Å². The number of carboxylic acid groups (broad SMARTS) is 1. The van der Waals surface area contributed by atoms with Gasteiger partial charge in [-0.3, -0.25) is 24.2 Å². The van der Waals surface area contributed by atoms with E-state index >= 15 is 0 Å². The van der Waals surface area contributed by atoms with Crippen molar-refractivity contribution in [2.75, 3.05) is 13.1 Å². The number of likely N-dealkylation sites (tertiary alicyclic amines) is 1. The molecule has 0 aromatic rings. The lowest BCUT2D eigenvalue weighted by molar-refractivity contribution is -0.145. The first-order valence-corrected chi connectivity index (χ1v) is 11.6. The van der Waals surface area contributed by atoms with Crippen LogP contribution in [0.25, 0.3) is 0 Å². The Hall–Kier alpha value is -3.42. The molecule has 4 atom stereocenters. The van der Waals surface area contributed by atoms with Gasteiger partial charge >= 0.3 is 5.97 Å². The van der Waals surface area contributed by atoms with Crippen LogP contribution in [0.1, 0.15) is 52.4 Å². The summed E-state index contributed by atoms with van der Waals surface area (Å²) in [6.07, 6.45) is 1.30. The Labute approximate surface area is 204 Å². The number of carbonyl (C=O) groups excluding carboxylic acids is 4. The van der Waals surface area contributed by atoms with Crippen LogP contribution < -0.4 is 33.6 Å². The predicted molar refractivity (Wildman–Crippen MR) is 127 cm³/mol. The van der Waals surface area contributed by atoms with Crippen molar-refractivity contribution in [2.45, 2.75) is 76.5 Å². The zero-order chi connectivity index (χ0) is 26.7. The largest absolute Gasteiger partial charge is 0.480 e. The van der Waals surface area contributed by atoms with Gasteiger partial charge < -0.3 is 43.6 Å². The second-order valence-electron chi connectivity index (χ2n) is 8.88. The Morgan fingerprint density at radius 2 is 1.74 bits per heavy atom. The van der Waals surface area contributed by atoms with Crippen LogP contribution in [0.3, 0.4) is 0 Å². The van der Waals surface area contributed by atoms with Gasteiger partial charge in [-0.1, -0.05) is 13.8 Å². The summed E-state index contributed by atoms with van der Waals surface area (Å²) in [6, 6.07) is -4.02. The van der Waals surface area contributed by atoms with E-state index < -0.39 is 53.8 Å². The van der Waals surface area contributed by atoms with E-state index in [1.807, 2.05) is 0 Å². The lowest BCUT2D eigenvalue weighted by Gasteiger charge is -2.31. The minimum Gasteiger partial charge on any atom is -0.480 e. The molecule has 11 N–H and O–H groups in total. The molecule has 0 aromatic heterocycles. The highest BCUT2D eigenvalue weighted by atomic mass is 16.4. The Morgan fingerprint density at radius 1 is 1.09 bits per heavy atom. The Bertz CT molecular complexity index is 814. The average molecular weight is 499 g/mol. The summed E-state index contributed by atoms with van der Waals surface area (Å²) in [5.41, 5.74) is 21.4. The minimum atomic E-state index is -1.21. The van der Waals surface area contributed by atoms with Crippen molar-refractivity contribution in [3.63, 3.8) is 0 Å². The first-order chi connectivity index (χ1) is 16.3. The predicted octanol–water partition coefficient (Wildman–Crippen LogP) is -2.67. The molecule has 35 heavy (non-hydrogen) atoms. The first-order valence-electron chi connectivity index (χ1n) is 11.6. The number of amides is 4. The van der Waals surface area contributed by atoms with Gasteiger partial charge in [0.1, 0.15) is 18.1 Å². The molecule has 1 aliphatic rings. The molecule has 4 amide bonds. The summed E-state index contributed by atoms with van der Waals surface area (Å²) < 4.78 is 0. The van der Waals surface area contributed by atoms with Crippen LogP contribution in [0.2, 0.25) is 0 Å². The van der Waals surface area contributed by atoms with Crippen molar-refractivity contribution in [1.29, 1.82) is 0 Å². The number of guanidine groups is 1. The fraction of sp³-hybridized carbons (Fsp3) is 0.714. The van der Waals surface area contributed by atoms with Crippen molar-refractivity contribution in [3.05, 3.63) is 0 Å². The van der Waals surface area contributed by atoms with Crippen LogP contribution in [0.5, 0.6) is 0 Å². The number of aliphatic imine (C=N–C) groups is 1. The second-order valence-corrected chi connectivity index (χ2v) is 8.88. The molecule has 198 valence electrons. The lowest BCUT2D eigenvalue weighted by Crippen LogP contribution is -2.58. The highest BCUT2D eigenvalue weighted by molar-refractivity contribution is 5.94. The zero-order valence-corrected chi connectivity index (χ0v) is 20.2. The number of hydrogen-bond acceptors (Lipinski definition) is 7. The quantitative estimate of drug-likeness (QED) is 0.0748. The van der Waals surface area contributed by atoms with Gasteiger partial charge in [-0.15, -0.1) is 0 Å². The minimum absolute atomic E-state index is 0.0364. The maximum Gasteiger partial charge on any atom is 0.326 e. The summed E-state index contributed by atoms with van der Waals surface area (Å²) in [5.74, 6) is -3.89. The average Bonchev–Trinajstić information content (AvgIpc) is 3.26. The molecule has 1 aliphatic heterocycles. The van der Waals surface area contributed by atoms with Gasteiger partial charge in [0.25, 0.3) is 0 Å². The number of carboxylic acids is 1. The van der Waals surface area contributed by atoms with Gasteiger partial charge in [0.15, 0.2) is 5.96 Å². The molecule has 0 radical (unpaired) electrons. The second kappa shape index (κ2) is 14.1. The molecule has 1 heterocycles. The molecule has 1 fully saturated rings. The number of nitrogens with two attached hydrogens (primary N) is 4. The van der Waals surface area contributed by atoms with E-state index in [0.29, 0.717) is 19.3 Å². The molecule has 4 unspecified atom stereocenters. The lowest BCUT2D eigenvalue weighted by atomic mass is 10.0. The smallest absolute Gasteiger partial charge is 0.326 e. The van der Waals surface area contributed by atoms with E-state index in [9.17, 15) is 29.1 Å².